The van der Waals surface area contributed by atoms with Gasteiger partial charge in [-0.05, 0) is 19.2 Å². The molecule has 2 rings (SSSR count). The highest BCUT2D eigenvalue weighted by Gasteiger charge is 2.65. The van der Waals surface area contributed by atoms with Gasteiger partial charge in [0.1, 0.15) is 17.3 Å². The lowest BCUT2D eigenvalue weighted by atomic mass is 10.1. The van der Waals surface area contributed by atoms with Crippen LogP contribution in [0.1, 0.15) is 24.2 Å². The lowest BCUT2D eigenvalue weighted by molar-refractivity contribution is 0.111. The molecule has 0 aliphatic carbocycles. The Hall–Kier alpha value is -1.99. The molecular weight excluding hydrogens is 399 g/mol. The number of nitroso groups, excluding NO2 is 1. The number of anilines is 1. The topological polar surface area (TPSA) is 76.5 Å². The minimum absolute atomic E-state index is 0.0228. The van der Waals surface area contributed by atoms with Crippen LogP contribution in [0.25, 0.3) is 0 Å². The molecule has 27 heavy (non-hydrogen) atoms. The summed E-state index contributed by atoms with van der Waals surface area (Å²) < 4.78 is 65.6. The van der Waals surface area contributed by atoms with Gasteiger partial charge in [-0.3, -0.25) is 14.6 Å². The number of hydrogen-bond acceptors (Lipinski definition) is 7. The van der Waals surface area contributed by atoms with E-state index in [1.165, 1.54) is 4.90 Å². The number of phenolic OH excluding ortho intramolecular Hbond substituents is 1. The molecule has 1 aromatic carbocycles. The molecule has 156 valence electrons. The molecule has 13 heteroatoms. The molecule has 0 unspecified atom stereocenters. The van der Waals surface area contributed by atoms with E-state index in [-0.39, 0.29) is 45.1 Å². The summed E-state index contributed by atoms with van der Waals surface area (Å²) >= 11 is 0. The zero-order chi connectivity index (χ0) is 21.1. The largest absolute Gasteiger partial charge is 0.505 e. The van der Waals surface area contributed by atoms with Gasteiger partial charge in [0, 0.05) is 0 Å². The lowest BCUT2D eigenvalue weighted by Gasteiger charge is -2.43. The summed E-state index contributed by atoms with van der Waals surface area (Å²) in [6, 6.07) is 0.0291. The first-order chi connectivity index (χ1) is 12.2. The second-order valence-corrected chi connectivity index (χ2v) is 8.14. The SMILES string of the molecule is CC.CN1CN(CN=O)CN(c2cc(S(F)(F)(F)(F)F)cc(C=O)c2O)C1. The molecule has 1 saturated heterocycles. The Bertz CT molecular complexity index is 717. The van der Waals surface area contributed by atoms with Gasteiger partial charge < -0.3 is 10.0 Å². The van der Waals surface area contributed by atoms with Crippen molar-refractivity contribution in [3.8, 4) is 5.75 Å². The quantitative estimate of drug-likeness (QED) is 0.428. The molecule has 1 N–H and O–H groups in total. The van der Waals surface area contributed by atoms with Crippen molar-refractivity contribution in [1.29, 1.82) is 0 Å². The third-order valence-corrected chi connectivity index (χ3v) is 4.61. The molecule has 0 saturated carbocycles. The Morgan fingerprint density at radius 1 is 1.15 bits per heavy atom. The summed E-state index contributed by atoms with van der Waals surface area (Å²) in [6.45, 7) is 3.80. The van der Waals surface area contributed by atoms with Crippen LogP contribution in [0.4, 0.5) is 25.1 Å². The standard InChI is InChI=1S/C12H15F5N4O3S.C2H6/c1-19-6-20(5-18-24)8-21(7-19)11-3-10(25(13,14,15,16)17)2-9(4-22)12(11)23;1-2/h2-4,23H,5-8H2,1H3;1-2H3. The molecule has 1 aliphatic rings. The average Bonchev–Trinajstić information content (AvgIpc) is 2.54. The number of halogens is 5. The molecule has 1 aliphatic heterocycles. The van der Waals surface area contributed by atoms with E-state index in [0.29, 0.717) is 0 Å². The Labute approximate surface area is 153 Å². The molecule has 0 radical (unpaired) electrons. The van der Waals surface area contributed by atoms with E-state index in [9.17, 15) is 34.2 Å². The van der Waals surface area contributed by atoms with Gasteiger partial charge in [0.2, 0.25) is 0 Å². The summed E-state index contributed by atoms with van der Waals surface area (Å²) in [5, 5.41) is 12.7. The molecule has 7 nitrogen and oxygen atoms in total. The highest BCUT2D eigenvalue weighted by molar-refractivity contribution is 8.45. The van der Waals surface area contributed by atoms with Gasteiger partial charge in [0.15, 0.2) is 6.29 Å². The third kappa shape index (κ3) is 5.74. The van der Waals surface area contributed by atoms with E-state index >= 15 is 0 Å². The zero-order valence-corrected chi connectivity index (χ0v) is 15.7. The number of carbonyl (C=O) groups excluding carboxylic acids is 1. The predicted molar refractivity (Wildman–Crippen MR) is 93.6 cm³/mol. The van der Waals surface area contributed by atoms with Crippen LogP contribution in [-0.4, -0.2) is 54.9 Å². The fraction of sp³-hybridized carbons (Fsp3) is 0.500. The van der Waals surface area contributed by atoms with Crippen molar-refractivity contribution in [2.24, 2.45) is 5.18 Å². The molecule has 0 amide bonds. The van der Waals surface area contributed by atoms with Crippen LogP contribution in [0.15, 0.2) is 22.2 Å². The van der Waals surface area contributed by atoms with Gasteiger partial charge in [-0.2, -0.15) is 0 Å². The van der Waals surface area contributed by atoms with E-state index in [0.717, 1.165) is 4.90 Å². The molecule has 0 bridgehead atoms. The van der Waals surface area contributed by atoms with Crippen molar-refractivity contribution < 1.29 is 29.3 Å². The van der Waals surface area contributed by atoms with Gasteiger partial charge in [-0.25, -0.2) is 0 Å². The van der Waals surface area contributed by atoms with E-state index in [2.05, 4.69) is 5.18 Å². The van der Waals surface area contributed by atoms with Crippen LogP contribution in [0.5, 0.6) is 5.75 Å². The average molecular weight is 420 g/mol. The highest BCUT2D eigenvalue weighted by Crippen LogP contribution is 3.02. The first-order valence-corrected chi connectivity index (χ1v) is 9.71. The van der Waals surface area contributed by atoms with Crippen LogP contribution in [0.2, 0.25) is 0 Å². The van der Waals surface area contributed by atoms with Crippen molar-refractivity contribution in [1.82, 2.24) is 9.80 Å². The summed E-state index contributed by atoms with van der Waals surface area (Å²) in [6.07, 6.45) is -0.135. The number of phenols is 1. The minimum Gasteiger partial charge on any atom is -0.505 e. The predicted octanol–water partition coefficient (Wildman–Crippen LogP) is 4.54. The number of benzene rings is 1. The molecule has 0 atom stereocenters. The summed E-state index contributed by atoms with van der Waals surface area (Å²) in [5.41, 5.74) is -1.50. The van der Waals surface area contributed by atoms with E-state index in [1.807, 2.05) is 13.8 Å². The zero-order valence-electron chi connectivity index (χ0n) is 14.9. The maximum atomic E-state index is 13.1. The smallest absolute Gasteiger partial charge is 0.310 e. The molecular formula is C14H21F5N4O3S. The van der Waals surface area contributed by atoms with Crippen LogP contribution in [0.3, 0.4) is 0 Å². The van der Waals surface area contributed by atoms with Crippen LogP contribution < -0.4 is 4.90 Å². The van der Waals surface area contributed by atoms with E-state index < -0.39 is 32.1 Å². The van der Waals surface area contributed by atoms with Gasteiger partial charge in [-0.1, -0.05) is 38.5 Å². The summed E-state index contributed by atoms with van der Waals surface area (Å²) in [4.78, 5) is 23.1. The number of aromatic hydroxyl groups is 1. The molecule has 0 aromatic heterocycles. The lowest BCUT2D eigenvalue weighted by Crippen LogP contribution is -2.53. The maximum Gasteiger partial charge on any atom is 0.310 e. The van der Waals surface area contributed by atoms with Gasteiger partial charge >= 0.3 is 10.2 Å². The van der Waals surface area contributed by atoms with Crippen molar-refractivity contribution in [3.05, 3.63) is 22.6 Å². The number of aldehydes is 1. The minimum atomic E-state index is -10.1. The molecule has 1 heterocycles. The van der Waals surface area contributed by atoms with Crippen molar-refractivity contribution in [2.75, 3.05) is 38.6 Å². The fourth-order valence-electron chi connectivity index (χ4n) is 2.50. The van der Waals surface area contributed by atoms with E-state index in [1.54, 1.807) is 11.9 Å². The van der Waals surface area contributed by atoms with Gasteiger partial charge in [0.05, 0.1) is 31.3 Å². The first-order valence-electron chi connectivity index (χ1n) is 7.76. The monoisotopic (exact) mass is 420 g/mol. The van der Waals surface area contributed by atoms with Crippen molar-refractivity contribution in [3.63, 3.8) is 0 Å². The maximum absolute atomic E-state index is 13.1. The first kappa shape index (κ1) is 23.0. The van der Waals surface area contributed by atoms with Crippen LogP contribution >= 0.6 is 10.2 Å². The van der Waals surface area contributed by atoms with Crippen LogP contribution in [0, 0.1) is 4.91 Å². The fourth-order valence-corrected chi connectivity index (χ4v) is 3.18. The van der Waals surface area contributed by atoms with Crippen LogP contribution in [-0.2, 0) is 0 Å². The molecule has 0 spiro atoms. The molecule has 1 aromatic rings. The Kier molecular flexibility index (Phi) is 6.15. The normalized spacial score (nSPS) is 18.7. The summed E-state index contributed by atoms with van der Waals surface area (Å²) in [7, 11) is -8.49. The summed E-state index contributed by atoms with van der Waals surface area (Å²) in [5.74, 6) is -0.852. The second kappa shape index (κ2) is 7.20. The number of rotatable bonds is 5. The Morgan fingerprint density at radius 3 is 2.22 bits per heavy atom. The Balaban J connectivity index is 0.00000176. The van der Waals surface area contributed by atoms with Gasteiger partial charge in [0.25, 0.3) is 0 Å². The van der Waals surface area contributed by atoms with Crippen molar-refractivity contribution in [2.45, 2.75) is 18.7 Å². The molecule has 1 fully saturated rings. The third-order valence-electron chi connectivity index (χ3n) is 3.49. The number of nitrogens with zero attached hydrogens (tertiary/aromatic N) is 4. The number of carbonyl (C=O) groups is 1. The Morgan fingerprint density at radius 2 is 1.74 bits per heavy atom. The van der Waals surface area contributed by atoms with E-state index in [4.69, 9.17) is 0 Å². The number of hydrogen-bond donors (Lipinski definition) is 1. The second-order valence-electron chi connectivity index (χ2n) is 5.73. The van der Waals surface area contributed by atoms with Crippen molar-refractivity contribution >= 4 is 22.2 Å². The highest BCUT2D eigenvalue weighted by atomic mass is 32.5. The van der Waals surface area contributed by atoms with Gasteiger partial charge in [-0.15, -0.1) is 4.91 Å².